The van der Waals surface area contributed by atoms with E-state index < -0.39 is 10.0 Å². The third kappa shape index (κ3) is 4.27. The van der Waals surface area contributed by atoms with Crippen LogP contribution in [0.25, 0.3) is 0 Å². The molecule has 6 nitrogen and oxygen atoms in total. The van der Waals surface area contributed by atoms with Crippen LogP contribution in [0.1, 0.15) is 13.8 Å². The highest BCUT2D eigenvalue weighted by atomic mass is 32.2. The number of carbonyl (C=O) groups is 1. The predicted octanol–water partition coefficient (Wildman–Crippen LogP) is 1.02. The van der Waals surface area contributed by atoms with Crippen molar-refractivity contribution >= 4 is 21.6 Å². The van der Waals surface area contributed by atoms with Crippen molar-refractivity contribution in [2.45, 2.75) is 24.8 Å². The summed E-state index contributed by atoms with van der Waals surface area (Å²) < 4.78 is 27.1. The molecule has 1 saturated heterocycles. The smallest absolute Gasteiger partial charge is 0.284 e. The number of hydrogen-bond donors (Lipinski definition) is 1. The van der Waals surface area contributed by atoms with Crippen molar-refractivity contribution < 1.29 is 18.1 Å². The van der Waals surface area contributed by atoms with E-state index in [9.17, 15) is 13.2 Å². The summed E-state index contributed by atoms with van der Waals surface area (Å²) in [6.07, 6.45) is 0. The molecule has 1 N–H and O–H groups in total. The Morgan fingerprint density at radius 2 is 1.57 bits per heavy atom. The van der Waals surface area contributed by atoms with E-state index in [0.717, 1.165) is 10.6 Å². The van der Waals surface area contributed by atoms with Crippen LogP contribution in [0, 0.1) is 0 Å². The van der Waals surface area contributed by atoms with E-state index in [-0.39, 0.29) is 11.9 Å². The molecule has 1 heterocycles. The lowest BCUT2D eigenvalue weighted by Gasteiger charge is -2.35. The number of benzene rings is 2. The quantitative estimate of drug-likeness (QED) is 0.785. The Bertz CT molecular complexity index is 880. The molecule has 1 amide bonds. The van der Waals surface area contributed by atoms with Crippen LogP contribution in [0.15, 0.2) is 65.6 Å². The summed E-state index contributed by atoms with van der Waals surface area (Å²) in [4.78, 5) is 16.3. The second-order valence-corrected chi connectivity index (χ2v) is 8.95. The maximum absolute atomic E-state index is 13.0. The lowest BCUT2D eigenvalue weighted by atomic mass is 10.2. The summed E-state index contributed by atoms with van der Waals surface area (Å²) in [6.45, 7) is 6.58. The molecule has 0 bridgehead atoms. The molecule has 1 fully saturated rings. The first-order valence-corrected chi connectivity index (χ1v) is 11.2. The largest absolute Gasteiger partial charge is 0.323 e. The van der Waals surface area contributed by atoms with Crippen LogP contribution in [-0.4, -0.2) is 57.4 Å². The SMILES string of the molecule is CCN(C(=O)[C@@H](C)[NH+]1CCN(S(=O)(=O)c2ccccc2)CC1)c1ccccc1. The van der Waals surface area contributed by atoms with Crippen LogP contribution in [0.5, 0.6) is 0 Å². The standard InChI is InChI=1S/C21H27N3O3S/c1-3-24(19-10-6-4-7-11-19)21(25)18(2)22-14-16-23(17-15-22)28(26,27)20-12-8-5-9-13-20/h4-13,18H,3,14-17H2,1-2H3/p+1/t18-/m1/s1. The number of anilines is 1. The first-order chi connectivity index (χ1) is 13.4. The zero-order valence-electron chi connectivity index (χ0n) is 16.4. The number of nitrogens with zero attached hydrogens (tertiary/aromatic N) is 2. The van der Waals surface area contributed by atoms with E-state index in [1.165, 1.54) is 4.31 Å². The van der Waals surface area contributed by atoms with Crippen LogP contribution in [0.3, 0.4) is 0 Å². The monoisotopic (exact) mass is 402 g/mol. The van der Waals surface area contributed by atoms with Crippen LogP contribution >= 0.6 is 0 Å². The number of hydrogen-bond acceptors (Lipinski definition) is 3. The number of piperazine rings is 1. The Morgan fingerprint density at radius 3 is 2.11 bits per heavy atom. The minimum atomic E-state index is -3.47. The number of para-hydroxylation sites is 1. The Hall–Kier alpha value is -2.22. The minimum absolute atomic E-state index is 0.0723. The molecule has 2 aromatic carbocycles. The number of nitrogens with one attached hydrogen (secondary N) is 1. The average Bonchev–Trinajstić information content (AvgIpc) is 2.75. The molecule has 0 aromatic heterocycles. The third-order valence-corrected chi connectivity index (χ3v) is 7.29. The summed E-state index contributed by atoms with van der Waals surface area (Å²) in [5, 5.41) is 0. The van der Waals surface area contributed by atoms with Gasteiger partial charge in [0, 0.05) is 12.2 Å². The number of rotatable bonds is 6. The molecule has 0 radical (unpaired) electrons. The average molecular weight is 403 g/mol. The molecule has 150 valence electrons. The van der Waals surface area contributed by atoms with E-state index >= 15 is 0 Å². The predicted molar refractivity (Wildman–Crippen MR) is 110 cm³/mol. The number of carbonyl (C=O) groups excluding carboxylic acids is 1. The number of amides is 1. The molecule has 0 saturated carbocycles. The van der Waals surface area contributed by atoms with Crippen LogP contribution < -0.4 is 9.80 Å². The molecule has 28 heavy (non-hydrogen) atoms. The molecular weight excluding hydrogens is 374 g/mol. The topological polar surface area (TPSA) is 62.1 Å². The second-order valence-electron chi connectivity index (χ2n) is 7.02. The van der Waals surface area contributed by atoms with Crippen molar-refractivity contribution in [3.05, 3.63) is 60.7 Å². The van der Waals surface area contributed by atoms with E-state index in [1.807, 2.05) is 44.2 Å². The zero-order valence-corrected chi connectivity index (χ0v) is 17.2. The van der Waals surface area contributed by atoms with Crippen LogP contribution in [0.4, 0.5) is 5.69 Å². The summed E-state index contributed by atoms with van der Waals surface area (Å²) in [5.74, 6) is 0.0723. The van der Waals surface area contributed by atoms with Gasteiger partial charge in [-0.25, -0.2) is 8.42 Å². The van der Waals surface area contributed by atoms with Gasteiger partial charge in [-0.1, -0.05) is 36.4 Å². The van der Waals surface area contributed by atoms with Gasteiger partial charge in [0.1, 0.15) is 0 Å². The van der Waals surface area contributed by atoms with Crippen molar-refractivity contribution in [1.82, 2.24) is 4.31 Å². The Labute approximate surface area is 167 Å². The molecule has 0 unspecified atom stereocenters. The number of quaternary nitrogens is 1. The van der Waals surface area contributed by atoms with Crippen molar-refractivity contribution in [2.75, 3.05) is 37.6 Å². The van der Waals surface area contributed by atoms with Gasteiger partial charge < -0.3 is 9.80 Å². The summed E-state index contributed by atoms with van der Waals surface area (Å²) in [5.41, 5.74) is 0.895. The minimum Gasteiger partial charge on any atom is -0.323 e. The van der Waals surface area contributed by atoms with Gasteiger partial charge in [0.05, 0.1) is 31.1 Å². The van der Waals surface area contributed by atoms with E-state index in [2.05, 4.69) is 0 Å². The van der Waals surface area contributed by atoms with Gasteiger partial charge in [-0.3, -0.25) is 4.79 Å². The van der Waals surface area contributed by atoms with Gasteiger partial charge in [-0.05, 0) is 38.1 Å². The number of sulfonamides is 1. The fraction of sp³-hybridized carbons (Fsp3) is 0.381. The fourth-order valence-electron chi connectivity index (χ4n) is 3.67. The number of likely N-dealkylation sites (N-methyl/N-ethyl adjacent to an activating group) is 1. The first-order valence-electron chi connectivity index (χ1n) is 9.71. The van der Waals surface area contributed by atoms with E-state index in [1.54, 1.807) is 35.2 Å². The van der Waals surface area contributed by atoms with Gasteiger partial charge in [-0.15, -0.1) is 0 Å². The van der Waals surface area contributed by atoms with Gasteiger partial charge in [-0.2, -0.15) is 4.31 Å². The highest BCUT2D eigenvalue weighted by molar-refractivity contribution is 7.89. The molecule has 0 aliphatic carbocycles. The molecule has 1 atom stereocenters. The van der Waals surface area contributed by atoms with Gasteiger partial charge in [0.15, 0.2) is 6.04 Å². The molecule has 2 aromatic rings. The van der Waals surface area contributed by atoms with Crippen LogP contribution in [0.2, 0.25) is 0 Å². The summed E-state index contributed by atoms with van der Waals surface area (Å²) in [6, 6.07) is 18.0. The van der Waals surface area contributed by atoms with Crippen molar-refractivity contribution in [3.8, 4) is 0 Å². The molecule has 1 aliphatic rings. The van der Waals surface area contributed by atoms with Crippen LogP contribution in [-0.2, 0) is 14.8 Å². The van der Waals surface area contributed by atoms with Crippen molar-refractivity contribution in [2.24, 2.45) is 0 Å². The van der Waals surface area contributed by atoms with E-state index in [4.69, 9.17) is 0 Å². The second kappa shape index (κ2) is 8.86. The molecule has 1 aliphatic heterocycles. The van der Waals surface area contributed by atoms with Gasteiger partial charge in [0.2, 0.25) is 10.0 Å². The summed E-state index contributed by atoms with van der Waals surface area (Å²) >= 11 is 0. The molecular formula is C21H28N3O3S+. The van der Waals surface area contributed by atoms with Crippen molar-refractivity contribution in [3.63, 3.8) is 0 Å². The Morgan fingerprint density at radius 1 is 1.04 bits per heavy atom. The molecule has 7 heteroatoms. The van der Waals surface area contributed by atoms with Gasteiger partial charge in [0.25, 0.3) is 5.91 Å². The summed E-state index contributed by atoms with van der Waals surface area (Å²) in [7, 11) is -3.47. The maximum Gasteiger partial charge on any atom is 0.284 e. The molecule has 3 rings (SSSR count). The lowest BCUT2D eigenvalue weighted by molar-refractivity contribution is -0.917. The normalized spacial score (nSPS) is 17.2. The third-order valence-electron chi connectivity index (χ3n) is 5.38. The van der Waals surface area contributed by atoms with Gasteiger partial charge >= 0.3 is 0 Å². The maximum atomic E-state index is 13.0. The highest BCUT2D eigenvalue weighted by Gasteiger charge is 2.35. The lowest BCUT2D eigenvalue weighted by Crippen LogP contribution is -3.19. The van der Waals surface area contributed by atoms with E-state index in [0.29, 0.717) is 37.6 Å². The van der Waals surface area contributed by atoms with Crippen molar-refractivity contribution in [1.29, 1.82) is 0 Å². The zero-order chi connectivity index (χ0) is 20.1. The molecule has 0 spiro atoms. The first kappa shape index (κ1) is 20.5. The highest BCUT2D eigenvalue weighted by Crippen LogP contribution is 2.16. The Kier molecular flexibility index (Phi) is 6.49. The fourth-order valence-corrected chi connectivity index (χ4v) is 5.13. The Balaban J connectivity index is 1.65.